The minimum Gasteiger partial charge on any atom is -0.497 e. The Morgan fingerprint density at radius 3 is 2.45 bits per heavy atom. The lowest BCUT2D eigenvalue weighted by atomic mass is 10.2. The zero-order valence-electron chi connectivity index (χ0n) is 6.76. The van der Waals surface area contributed by atoms with E-state index in [2.05, 4.69) is 6.92 Å². The quantitative estimate of drug-likeness (QED) is 0.642. The first kappa shape index (κ1) is 7.92. The molecular weight excluding hydrogens is 140 g/mol. The molecule has 0 spiro atoms. The van der Waals surface area contributed by atoms with Gasteiger partial charge in [-0.25, -0.2) is 0 Å². The summed E-state index contributed by atoms with van der Waals surface area (Å²) in [5.41, 5.74) is 0.869. The third-order valence-electron chi connectivity index (χ3n) is 1.49. The average molecular weight is 151 g/mol. The van der Waals surface area contributed by atoms with Gasteiger partial charge in [0.25, 0.3) is 0 Å². The third-order valence-corrected chi connectivity index (χ3v) is 1.49. The van der Waals surface area contributed by atoms with Crippen molar-refractivity contribution in [1.82, 2.24) is 0 Å². The summed E-state index contributed by atoms with van der Waals surface area (Å²) in [6.07, 6.45) is 0. The van der Waals surface area contributed by atoms with Crippen LogP contribution in [0.4, 0.5) is 0 Å². The summed E-state index contributed by atoms with van der Waals surface area (Å²) in [6, 6.07) is 5.52. The molecule has 1 aromatic rings. The molecule has 0 bridgehead atoms. The number of ether oxygens (including phenoxy) is 2. The molecule has 0 atom stereocenters. The van der Waals surface area contributed by atoms with Gasteiger partial charge in [0, 0.05) is 6.07 Å². The first-order valence-corrected chi connectivity index (χ1v) is 3.32. The van der Waals surface area contributed by atoms with Crippen molar-refractivity contribution in [2.24, 2.45) is 0 Å². The monoisotopic (exact) mass is 151 g/mol. The molecular formula is C9H11O2. The summed E-state index contributed by atoms with van der Waals surface area (Å²) < 4.78 is 10.0. The van der Waals surface area contributed by atoms with Gasteiger partial charge in [0.1, 0.15) is 11.5 Å². The van der Waals surface area contributed by atoms with Crippen LogP contribution in [0.5, 0.6) is 11.5 Å². The second kappa shape index (κ2) is 3.28. The zero-order chi connectivity index (χ0) is 8.27. The minimum absolute atomic E-state index is 0.754. The minimum atomic E-state index is 0.754. The fraction of sp³-hybridized carbons (Fsp3) is 0.222. The van der Waals surface area contributed by atoms with Crippen LogP contribution in [-0.2, 0) is 0 Å². The van der Waals surface area contributed by atoms with E-state index in [-0.39, 0.29) is 0 Å². The molecule has 11 heavy (non-hydrogen) atoms. The van der Waals surface area contributed by atoms with Gasteiger partial charge < -0.3 is 9.47 Å². The van der Waals surface area contributed by atoms with E-state index in [1.165, 1.54) is 0 Å². The molecule has 0 saturated heterocycles. The van der Waals surface area contributed by atoms with Crippen molar-refractivity contribution in [3.05, 3.63) is 30.7 Å². The Morgan fingerprint density at radius 2 is 1.91 bits per heavy atom. The molecule has 0 amide bonds. The highest BCUT2D eigenvalue weighted by atomic mass is 16.5. The van der Waals surface area contributed by atoms with Crippen molar-refractivity contribution in [2.45, 2.75) is 0 Å². The highest BCUT2D eigenvalue weighted by Crippen LogP contribution is 2.22. The van der Waals surface area contributed by atoms with Crippen LogP contribution in [0.2, 0.25) is 0 Å². The van der Waals surface area contributed by atoms with Gasteiger partial charge in [-0.2, -0.15) is 0 Å². The molecule has 1 aromatic carbocycles. The van der Waals surface area contributed by atoms with Crippen LogP contribution in [0.15, 0.2) is 18.2 Å². The Bertz CT molecular complexity index is 243. The van der Waals surface area contributed by atoms with Crippen molar-refractivity contribution in [3.8, 4) is 11.5 Å². The highest BCUT2D eigenvalue weighted by molar-refractivity contribution is 5.42. The lowest BCUT2D eigenvalue weighted by molar-refractivity contribution is 0.393. The number of rotatable bonds is 2. The van der Waals surface area contributed by atoms with Crippen molar-refractivity contribution in [3.63, 3.8) is 0 Å². The van der Waals surface area contributed by atoms with E-state index in [1.807, 2.05) is 18.2 Å². The van der Waals surface area contributed by atoms with E-state index < -0.39 is 0 Å². The molecule has 2 nitrogen and oxygen atoms in total. The maximum atomic E-state index is 5.04. The Balaban J connectivity index is 3.02. The fourth-order valence-electron chi connectivity index (χ4n) is 0.852. The molecule has 0 unspecified atom stereocenters. The smallest absolute Gasteiger partial charge is 0.125 e. The van der Waals surface area contributed by atoms with Gasteiger partial charge in [0.15, 0.2) is 0 Å². The van der Waals surface area contributed by atoms with Crippen LogP contribution in [-0.4, -0.2) is 14.2 Å². The Labute approximate surface area is 66.8 Å². The summed E-state index contributed by atoms with van der Waals surface area (Å²) in [5, 5.41) is 0. The van der Waals surface area contributed by atoms with Crippen molar-refractivity contribution in [1.29, 1.82) is 0 Å². The lowest BCUT2D eigenvalue weighted by Crippen LogP contribution is -1.88. The molecule has 1 rings (SSSR count). The maximum absolute atomic E-state index is 5.04. The summed E-state index contributed by atoms with van der Waals surface area (Å²) in [4.78, 5) is 0. The van der Waals surface area contributed by atoms with Crippen LogP contribution < -0.4 is 9.47 Å². The second-order valence-corrected chi connectivity index (χ2v) is 2.18. The standard InChI is InChI=1S/C9H11O2/c1-7-4-5-8(10-2)6-9(7)11-3/h4-6H,1H2,2-3H3. The number of hydrogen-bond donors (Lipinski definition) is 0. The van der Waals surface area contributed by atoms with E-state index >= 15 is 0 Å². The van der Waals surface area contributed by atoms with Crippen LogP contribution in [0, 0.1) is 6.92 Å². The summed E-state index contributed by atoms with van der Waals surface area (Å²) in [7, 11) is 3.24. The van der Waals surface area contributed by atoms with Gasteiger partial charge in [0.2, 0.25) is 0 Å². The fourth-order valence-corrected chi connectivity index (χ4v) is 0.852. The third kappa shape index (κ3) is 1.64. The van der Waals surface area contributed by atoms with Crippen LogP contribution in [0.1, 0.15) is 5.56 Å². The lowest BCUT2D eigenvalue weighted by Gasteiger charge is -2.05. The topological polar surface area (TPSA) is 18.5 Å². The van der Waals surface area contributed by atoms with Crippen LogP contribution >= 0.6 is 0 Å². The van der Waals surface area contributed by atoms with Crippen molar-refractivity contribution in [2.75, 3.05) is 14.2 Å². The van der Waals surface area contributed by atoms with Crippen molar-refractivity contribution >= 4 is 0 Å². The van der Waals surface area contributed by atoms with Gasteiger partial charge in [-0.15, -0.1) is 0 Å². The van der Waals surface area contributed by atoms with Crippen LogP contribution in [0.25, 0.3) is 0 Å². The van der Waals surface area contributed by atoms with Crippen LogP contribution in [0.3, 0.4) is 0 Å². The van der Waals surface area contributed by atoms with E-state index in [1.54, 1.807) is 14.2 Å². The second-order valence-electron chi connectivity index (χ2n) is 2.18. The Hall–Kier alpha value is -1.18. The summed E-state index contributed by atoms with van der Waals surface area (Å²) in [6.45, 7) is 3.79. The van der Waals surface area contributed by atoms with Gasteiger partial charge in [0.05, 0.1) is 14.2 Å². The first-order chi connectivity index (χ1) is 5.27. The molecule has 0 saturated carbocycles. The largest absolute Gasteiger partial charge is 0.497 e. The summed E-state index contributed by atoms with van der Waals surface area (Å²) in [5.74, 6) is 1.54. The molecule has 2 heteroatoms. The molecule has 59 valence electrons. The van der Waals surface area contributed by atoms with E-state index in [0.29, 0.717) is 0 Å². The van der Waals surface area contributed by atoms with Gasteiger partial charge in [-0.1, -0.05) is 6.07 Å². The first-order valence-electron chi connectivity index (χ1n) is 3.32. The number of benzene rings is 1. The highest BCUT2D eigenvalue weighted by Gasteiger charge is 1.98. The molecule has 0 aliphatic heterocycles. The molecule has 0 N–H and O–H groups in total. The van der Waals surface area contributed by atoms with Gasteiger partial charge in [-0.3, -0.25) is 0 Å². The van der Waals surface area contributed by atoms with Gasteiger partial charge in [-0.05, 0) is 18.6 Å². The van der Waals surface area contributed by atoms with E-state index in [4.69, 9.17) is 9.47 Å². The summed E-state index contributed by atoms with van der Waals surface area (Å²) >= 11 is 0. The Morgan fingerprint density at radius 1 is 1.18 bits per heavy atom. The molecule has 0 aliphatic rings. The average Bonchev–Trinajstić information content (AvgIpc) is 2.05. The number of hydrogen-bond acceptors (Lipinski definition) is 2. The van der Waals surface area contributed by atoms with E-state index in [0.717, 1.165) is 17.1 Å². The van der Waals surface area contributed by atoms with Crippen molar-refractivity contribution < 1.29 is 9.47 Å². The normalized spacial score (nSPS) is 9.36. The van der Waals surface area contributed by atoms with Gasteiger partial charge >= 0.3 is 0 Å². The zero-order valence-corrected chi connectivity index (χ0v) is 6.76. The molecule has 0 aliphatic carbocycles. The SMILES string of the molecule is [CH2]c1ccc(OC)cc1OC. The molecule has 0 aromatic heterocycles. The Kier molecular flexibility index (Phi) is 2.36. The van der Waals surface area contributed by atoms with E-state index in [9.17, 15) is 0 Å². The predicted octanol–water partition coefficient (Wildman–Crippen LogP) is 1.89. The molecule has 0 heterocycles. The predicted molar refractivity (Wildman–Crippen MR) is 44.0 cm³/mol. The number of methoxy groups -OCH3 is 2. The molecule has 0 fully saturated rings. The molecule has 1 radical (unpaired) electrons. The maximum Gasteiger partial charge on any atom is 0.125 e.